The summed E-state index contributed by atoms with van der Waals surface area (Å²) < 4.78 is 5.21. The van der Waals surface area contributed by atoms with Crippen molar-refractivity contribution in [2.75, 3.05) is 12.4 Å². The Morgan fingerprint density at radius 1 is 1.43 bits per heavy atom. The molecule has 3 heteroatoms. The van der Waals surface area contributed by atoms with Crippen LogP contribution in [0.15, 0.2) is 18.3 Å². The monoisotopic (exact) mass is 194 g/mol. The molecule has 0 fully saturated rings. The fourth-order valence-electron chi connectivity index (χ4n) is 1.35. The normalized spacial score (nSPS) is 10.3. The maximum atomic E-state index is 5.21. The van der Waals surface area contributed by atoms with Crippen LogP contribution in [0.5, 0.6) is 5.75 Å². The van der Waals surface area contributed by atoms with Crippen molar-refractivity contribution in [2.45, 2.75) is 32.7 Å². The highest BCUT2D eigenvalue weighted by molar-refractivity contribution is 5.49. The lowest BCUT2D eigenvalue weighted by Gasteiger charge is -2.16. The molecule has 0 saturated carbocycles. The van der Waals surface area contributed by atoms with Gasteiger partial charge in [-0.1, -0.05) is 13.8 Å². The molecule has 1 N–H and O–H groups in total. The van der Waals surface area contributed by atoms with Crippen LogP contribution in [0.4, 0.5) is 5.82 Å². The average molecular weight is 194 g/mol. The van der Waals surface area contributed by atoms with E-state index in [1.54, 1.807) is 13.3 Å². The number of anilines is 1. The van der Waals surface area contributed by atoms with Crippen LogP contribution in [0.2, 0.25) is 0 Å². The number of nitrogens with zero attached hydrogens (tertiary/aromatic N) is 1. The van der Waals surface area contributed by atoms with Crippen molar-refractivity contribution >= 4 is 5.82 Å². The van der Waals surface area contributed by atoms with Crippen LogP contribution >= 0.6 is 0 Å². The summed E-state index contributed by atoms with van der Waals surface area (Å²) in [6, 6.07) is 4.26. The number of rotatable bonds is 5. The zero-order chi connectivity index (χ0) is 10.4. The van der Waals surface area contributed by atoms with E-state index in [-0.39, 0.29) is 0 Å². The summed E-state index contributed by atoms with van der Waals surface area (Å²) in [7, 11) is 1.66. The first kappa shape index (κ1) is 10.8. The highest BCUT2D eigenvalue weighted by Gasteiger charge is 2.07. The summed E-state index contributed by atoms with van der Waals surface area (Å²) in [5.74, 6) is 1.64. The molecular formula is C11H18N2O. The van der Waals surface area contributed by atoms with Gasteiger partial charge in [0, 0.05) is 12.2 Å². The predicted molar refractivity (Wildman–Crippen MR) is 58.8 cm³/mol. The summed E-state index contributed by atoms with van der Waals surface area (Å²) in [5.41, 5.74) is 0. The molecule has 0 bridgehead atoms. The minimum Gasteiger partial charge on any atom is -0.493 e. The average Bonchev–Trinajstić information content (AvgIpc) is 2.26. The Morgan fingerprint density at radius 2 is 2.14 bits per heavy atom. The quantitative estimate of drug-likeness (QED) is 0.782. The first-order valence-electron chi connectivity index (χ1n) is 5.07. The van der Waals surface area contributed by atoms with Crippen molar-refractivity contribution in [2.24, 2.45) is 0 Å². The van der Waals surface area contributed by atoms with E-state index >= 15 is 0 Å². The summed E-state index contributed by atoms with van der Waals surface area (Å²) >= 11 is 0. The molecule has 1 rings (SSSR count). The number of nitrogens with one attached hydrogen (secondary N) is 1. The SMILES string of the molecule is CCC(CC)Nc1ncccc1OC. The zero-order valence-corrected chi connectivity index (χ0v) is 9.08. The number of pyridine rings is 1. The molecule has 0 unspecified atom stereocenters. The second-order valence-electron chi connectivity index (χ2n) is 3.21. The first-order chi connectivity index (χ1) is 6.81. The van der Waals surface area contributed by atoms with Crippen LogP contribution in [0.1, 0.15) is 26.7 Å². The van der Waals surface area contributed by atoms with Crippen LogP contribution in [0, 0.1) is 0 Å². The van der Waals surface area contributed by atoms with Gasteiger partial charge in [-0.15, -0.1) is 0 Å². The smallest absolute Gasteiger partial charge is 0.168 e. The molecule has 0 saturated heterocycles. The summed E-state index contributed by atoms with van der Waals surface area (Å²) in [4.78, 5) is 4.25. The van der Waals surface area contributed by atoms with E-state index in [0.29, 0.717) is 6.04 Å². The highest BCUT2D eigenvalue weighted by Crippen LogP contribution is 2.21. The van der Waals surface area contributed by atoms with Gasteiger partial charge in [-0.2, -0.15) is 0 Å². The maximum Gasteiger partial charge on any atom is 0.168 e. The molecule has 1 aromatic rings. The number of ether oxygens (including phenoxy) is 1. The largest absolute Gasteiger partial charge is 0.493 e. The van der Waals surface area contributed by atoms with Gasteiger partial charge in [0.25, 0.3) is 0 Å². The summed E-state index contributed by atoms with van der Waals surface area (Å²) in [6.45, 7) is 4.33. The van der Waals surface area contributed by atoms with Gasteiger partial charge < -0.3 is 10.1 Å². The lowest BCUT2D eigenvalue weighted by Crippen LogP contribution is -2.18. The molecule has 3 nitrogen and oxygen atoms in total. The topological polar surface area (TPSA) is 34.2 Å². The fourth-order valence-corrected chi connectivity index (χ4v) is 1.35. The lowest BCUT2D eigenvalue weighted by atomic mass is 10.2. The Morgan fingerprint density at radius 3 is 2.71 bits per heavy atom. The maximum absolute atomic E-state index is 5.21. The Labute approximate surface area is 85.5 Å². The zero-order valence-electron chi connectivity index (χ0n) is 9.08. The van der Waals surface area contributed by atoms with Gasteiger partial charge in [0.1, 0.15) is 0 Å². The lowest BCUT2D eigenvalue weighted by molar-refractivity contribution is 0.414. The number of hydrogen-bond donors (Lipinski definition) is 1. The standard InChI is InChI=1S/C11H18N2O/c1-4-9(5-2)13-11-10(14-3)7-6-8-12-11/h6-9H,4-5H2,1-3H3,(H,12,13). The van der Waals surface area contributed by atoms with Crippen molar-refractivity contribution in [3.05, 3.63) is 18.3 Å². The molecule has 0 spiro atoms. The van der Waals surface area contributed by atoms with Crippen LogP contribution in [-0.4, -0.2) is 18.1 Å². The molecule has 78 valence electrons. The van der Waals surface area contributed by atoms with E-state index in [4.69, 9.17) is 4.74 Å². The molecule has 1 aromatic heterocycles. The summed E-state index contributed by atoms with van der Waals surface area (Å²) in [5, 5.41) is 3.36. The minimum atomic E-state index is 0.471. The molecule has 14 heavy (non-hydrogen) atoms. The van der Waals surface area contributed by atoms with Gasteiger partial charge in [-0.25, -0.2) is 4.98 Å². The van der Waals surface area contributed by atoms with Crippen molar-refractivity contribution in [3.63, 3.8) is 0 Å². The third-order valence-corrected chi connectivity index (χ3v) is 2.32. The second-order valence-corrected chi connectivity index (χ2v) is 3.21. The Bertz CT molecular complexity index is 272. The van der Waals surface area contributed by atoms with E-state index in [0.717, 1.165) is 24.4 Å². The Balaban J connectivity index is 2.74. The second kappa shape index (κ2) is 5.47. The van der Waals surface area contributed by atoms with Crippen LogP contribution in [-0.2, 0) is 0 Å². The highest BCUT2D eigenvalue weighted by atomic mass is 16.5. The molecule has 0 aliphatic carbocycles. The van der Waals surface area contributed by atoms with Gasteiger partial charge in [-0.05, 0) is 25.0 Å². The third-order valence-electron chi connectivity index (χ3n) is 2.32. The van der Waals surface area contributed by atoms with Gasteiger partial charge in [0.2, 0.25) is 0 Å². The molecule has 0 aromatic carbocycles. The molecule has 0 amide bonds. The molecule has 0 radical (unpaired) electrons. The van der Waals surface area contributed by atoms with E-state index in [2.05, 4.69) is 24.1 Å². The van der Waals surface area contributed by atoms with E-state index in [1.807, 2.05) is 12.1 Å². The Kier molecular flexibility index (Phi) is 4.23. The van der Waals surface area contributed by atoms with Crippen molar-refractivity contribution in [3.8, 4) is 5.75 Å². The van der Waals surface area contributed by atoms with Crippen molar-refractivity contribution in [1.29, 1.82) is 0 Å². The van der Waals surface area contributed by atoms with Gasteiger partial charge >= 0.3 is 0 Å². The molecule has 0 aliphatic heterocycles. The molecule has 0 aliphatic rings. The number of aromatic nitrogens is 1. The van der Waals surface area contributed by atoms with E-state index in [9.17, 15) is 0 Å². The molecule has 1 heterocycles. The van der Waals surface area contributed by atoms with Gasteiger partial charge in [-0.3, -0.25) is 0 Å². The predicted octanol–water partition coefficient (Wildman–Crippen LogP) is 2.69. The third kappa shape index (κ3) is 2.62. The molecular weight excluding hydrogens is 176 g/mol. The van der Waals surface area contributed by atoms with E-state index < -0.39 is 0 Å². The number of hydrogen-bond acceptors (Lipinski definition) is 3. The number of methoxy groups -OCH3 is 1. The van der Waals surface area contributed by atoms with Crippen molar-refractivity contribution < 1.29 is 4.74 Å². The van der Waals surface area contributed by atoms with Gasteiger partial charge in [0.05, 0.1) is 7.11 Å². The first-order valence-corrected chi connectivity index (χ1v) is 5.07. The minimum absolute atomic E-state index is 0.471. The summed E-state index contributed by atoms with van der Waals surface area (Å²) in [6.07, 6.45) is 3.96. The van der Waals surface area contributed by atoms with Crippen LogP contribution < -0.4 is 10.1 Å². The van der Waals surface area contributed by atoms with Crippen LogP contribution in [0.25, 0.3) is 0 Å². The van der Waals surface area contributed by atoms with Gasteiger partial charge in [0.15, 0.2) is 11.6 Å². The van der Waals surface area contributed by atoms with Crippen LogP contribution in [0.3, 0.4) is 0 Å². The molecule has 0 atom stereocenters. The van der Waals surface area contributed by atoms with E-state index in [1.165, 1.54) is 0 Å². The fraction of sp³-hybridized carbons (Fsp3) is 0.545. The Hall–Kier alpha value is -1.25. The van der Waals surface area contributed by atoms with Crippen molar-refractivity contribution in [1.82, 2.24) is 4.98 Å².